The molecule has 2 aromatic rings. The monoisotopic (exact) mass is 205 g/mol. The van der Waals surface area contributed by atoms with E-state index in [1.54, 1.807) is 12.1 Å². The molecule has 0 saturated heterocycles. The first kappa shape index (κ1) is 9.21. The minimum Gasteiger partial charge on any atom is -0.508 e. The number of rotatable bonds is 2. The van der Waals surface area contributed by atoms with E-state index in [0.717, 1.165) is 21.3 Å². The first-order valence-electron chi connectivity index (χ1n) is 4.41. The second kappa shape index (κ2) is 3.42. The highest BCUT2D eigenvalue weighted by atomic mass is 32.1. The van der Waals surface area contributed by atoms with E-state index in [2.05, 4.69) is 11.0 Å². The average Bonchev–Trinajstić information content (AvgIpc) is 2.53. The third kappa shape index (κ3) is 1.30. The Morgan fingerprint density at radius 2 is 2.36 bits per heavy atom. The Morgan fingerprint density at radius 3 is 3.07 bits per heavy atom. The number of nitrogens with zero attached hydrogens (tertiary/aromatic N) is 1. The fourth-order valence-corrected chi connectivity index (χ4v) is 2.42. The summed E-state index contributed by atoms with van der Waals surface area (Å²) >= 11 is 1.47. The van der Waals surface area contributed by atoms with Crippen molar-refractivity contribution in [1.29, 1.82) is 0 Å². The van der Waals surface area contributed by atoms with Gasteiger partial charge in [-0.05, 0) is 37.0 Å². The summed E-state index contributed by atoms with van der Waals surface area (Å²) in [6.45, 7) is 5.65. The summed E-state index contributed by atoms with van der Waals surface area (Å²) in [5.41, 5.74) is 1.92. The Balaban J connectivity index is 2.79. The summed E-state index contributed by atoms with van der Waals surface area (Å²) in [6, 6.07) is 3.63. The van der Waals surface area contributed by atoms with Gasteiger partial charge in [0.25, 0.3) is 0 Å². The molecule has 0 aliphatic rings. The van der Waals surface area contributed by atoms with Crippen LogP contribution in [-0.2, 0) is 6.42 Å². The standard InChI is InChI=1S/C11H11NOS/c1-3-4-8-9(13)5-6-10-11(8)7(2)12-14-10/h3,5-6,13H,1,4H2,2H3. The second-order valence-corrected chi connectivity index (χ2v) is 4.00. The van der Waals surface area contributed by atoms with Crippen molar-refractivity contribution in [2.75, 3.05) is 0 Å². The number of benzene rings is 1. The summed E-state index contributed by atoms with van der Waals surface area (Å²) in [5.74, 6) is 0.334. The van der Waals surface area contributed by atoms with Crippen LogP contribution in [-0.4, -0.2) is 9.48 Å². The summed E-state index contributed by atoms with van der Waals surface area (Å²) in [6.07, 6.45) is 2.48. The van der Waals surface area contributed by atoms with Gasteiger partial charge in [0.05, 0.1) is 10.4 Å². The molecule has 0 spiro atoms. The van der Waals surface area contributed by atoms with Gasteiger partial charge in [-0.2, -0.15) is 4.37 Å². The van der Waals surface area contributed by atoms with Crippen LogP contribution in [0.1, 0.15) is 11.3 Å². The number of aryl methyl sites for hydroxylation is 1. The van der Waals surface area contributed by atoms with Gasteiger partial charge < -0.3 is 5.11 Å². The Kier molecular flexibility index (Phi) is 2.25. The molecule has 2 nitrogen and oxygen atoms in total. The molecule has 2 rings (SSSR count). The van der Waals surface area contributed by atoms with Gasteiger partial charge in [0.15, 0.2) is 0 Å². The van der Waals surface area contributed by atoms with Crippen LogP contribution in [0.5, 0.6) is 5.75 Å². The third-order valence-corrected chi connectivity index (χ3v) is 3.14. The van der Waals surface area contributed by atoms with Gasteiger partial charge in [-0.25, -0.2) is 0 Å². The maximum atomic E-state index is 9.71. The quantitative estimate of drug-likeness (QED) is 0.764. The molecule has 0 aliphatic heterocycles. The fourth-order valence-electron chi connectivity index (χ4n) is 1.60. The molecule has 0 amide bonds. The lowest BCUT2D eigenvalue weighted by molar-refractivity contribution is 0.471. The molecule has 14 heavy (non-hydrogen) atoms. The molecule has 3 heteroatoms. The lowest BCUT2D eigenvalue weighted by Crippen LogP contribution is -1.85. The first-order valence-corrected chi connectivity index (χ1v) is 5.19. The average molecular weight is 205 g/mol. The lowest BCUT2D eigenvalue weighted by Gasteiger charge is -2.03. The summed E-state index contributed by atoms with van der Waals surface area (Å²) in [5, 5.41) is 10.8. The van der Waals surface area contributed by atoms with E-state index in [0.29, 0.717) is 12.2 Å². The van der Waals surface area contributed by atoms with Crippen LogP contribution in [0.2, 0.25) is 0 Å². The Morgan fingerprint density at radius 1 is 1.57 bits per heavy atom. The number of allylic oxidation sites excluding steroid dienone is 1. The summed E-state index contributed by atoms with van der Waals surface area (Å²) in [4.78, 5) is 0. The highest BCUT2D eigenvalue weighted by Gasteiger charge is 2.10. The highest BCUT2D eigenvalue weighted by molar-refractivity contribution is 7.13. The summed E-state index contributed by atoms with van der Waals surface area (Å²) < 4.78 is 5.40. The van der Waals surface area contributed by atoms with E-state index in [1.165, 1.54) is 11.5 Å². The van der Waals surface area contributed by atoms with Gasteiger partial charge in [0, 0.05) is 10.9 Å². The Hall–Kier alpha value is -1.35. The highest BCUT2D eigenvalue weighted by Crippen LogP contribution is 2.32. The topological polar surface area (TPSA) is 33.1 Å². The van der Waals surface area contributed by atoms with Crippen molar-refractivity contribution in [2.45, 2.75) is 13.3 Å². The predicted molar refractivity (Wildman–Crippen MR) is 59.9 cm³/mol. The van der Waals surface area contributed by atoms with Crippen molar-refractivity contribution in [2.24, 2.45) is 0 Å². The van der Waals surface area contributed by atoms with Gasteiger partial charge >= 0.3 is 0 Å². The van der Waals surface area contributed by atoms with Crippen LogP contribution in [0, 0.1) is 6.92 Å². The molecular weight excluding hydrogens is 194 g/mol. The zero-order chi connectivity index (χ0) is 10.1. The molecule has 0 radical (unpaired) electrons. The smallest absolute Gasteiger partial charge is 0.119 e. The SMILES string of the molecule is C=CCc1c(O)ccc2snc(C)c12. The largest absolute Gasteiger partial charge is 0.508 e. The summed E-state index contributed by atoms with van der Waals surface area (Å²) in [7, 11) is 0. The molecular formula is C11H11NOS. The number of hydrogen-bond acceptors (Lipinski definition) is 3. The lowest BCUT2D eigenvalue weighted by atomic mass is 10.0. The maximum Gasteiger partial charge on any atom is 0.119 e. The molecule has 1 N–H and O–H groups in total. The molecule has 0 unspecified atom stereocenters. The minimum atomic E-state index is 0.334. The van der Waals surface area contributed by atoms with Gasteiger partial charge in [0.2, 0.25) is 0 Å². The van der Waals surface area contributed by atoms with Gasteiger partial charge in [0.1, 0.15) is 5.75 Å². The van der Waals surface area contributed by atoms with E-state index in [9.17, 15) is 5.11 Å². The Labute approximate surface area is 86.7 Å². The zero-order valence-corrected chi connectivity index (χ0v) is 8.77. The predicted octanol–water partition coefficient (Wildman–Crippen LogP) is 3.04. The minimum absolute atomic E-state index is 0.334. The molecule has 0 atom stereocenters. The molecule has 72 valence electrons. The van der Waals surface area contributed by atoms with E-state index >= 15 is 0 Å². The van der Waals surface area contributed by atoms with Crippen molar-refractivity contribution >= 4 is 21.6 Å². The molecule has 0 saturated carbocycles. The second-order valence-electron chi connectivity index (χ2n) is 3.20. The molecule has 0 fully saturated rings. The van der Waals surface area contributed by atoms with Crippen LogP contribution in [0.15, 0.2) is 24.8 Å². The molecule has 1 aromatic heterocycles. The number of aromatic nitrogens is 1. The molecule has 0 bridgehead atoms. The van der Waals surface area contributed by atoms with Crippen LogP contribution >= 0.6 is 11.5 Å². The van der Waals surface area contributed by atoms with Crippen molar-refractivity contribution in [3.05, 3.63) is 36.0 Å². The van der Waals surface area contributed by atoms with Gasteiger partial charge in [-0.15, -0.1) is 6.58 Å². The number of phenolic OH excluding ortho intramolecular Hbond substituents is 1. The number of fused-ring (bicyclic) bond motifs is 1. The van der Waals surface area contributed by atoms with Crippen LogP contribution in [0.4, 0.5) is 0 Å². The van der Waals surface area contributed by atoms with Crippen LogP contribution < -0.4 is 0 Å². The van der Waals surface area contributed by atoms with Crippen molar-refractivity contribution < 1.29 is 5.11 Å². The van der Waals surface area contributed by atoms with Crippen molar-refractivity contribution in [3.63, 3.8) is 0 Å². The number of hydrogen-bond donors (Lipinski definition) is 1. The van der Waals surface area contributed by atoms with E-state index < -0.39 is 0 Å². The number of aromatic hydroxyl groups is 1. The molecule has 1 heterocycles. The Bertz CT molecular complexity index is 487. The van der Waals surface area contributed by atoms with E-state index in [1.807, 2.05) is 13.0 Å². The number of phenols is 1. The molecule has 0 aliphatic carbocycles. The van der Waals surface area contributed by atoms with Crippen molar-refractivity contribution in [1.82, 2.24) is 4.37 Å². The molecule has 1 aromatic carbocycles. The van der Waals surface area contributed by atoms with Crippen LogP contribution in [0.3, 0.4) is 0 Å². The third-order valence-electron chi connectivity index (χ3n) is 2.24. The van der Waals surface area contributed by atoms with Gasteiger partial charge in [-0.3, -0.25) is 0 Å². The van der Waals surface area contributed by atoms with E-state index in [-0.39, 0.29) is 0 Å². The zero-order valence-electron chi connectivity index (χ0n) is 7.95. The maximum absolute atomic E-state index is 9.71. The first-order chi connectivity index (χ1) is 6.74. The van der Waals surface area contributed by atoms with Crippen LogP contribution in [0.25, 0.3) is 10.1 Å². The van der Waals surface area contributed by atoms with E-state index in [4.69, 9.17) is 0 Å². The van der Waals surface area contributed by atoms with Crippen molar-refractivity contribution in [3.8, 4) is 5.75 Å². The van der Waals surface area contributed by atoms with Gasteiger partial charge in [-0.1, -0.05) is 6.08 Å². The normalized spacial score (nSPS) is 10.6. The fraction of sp³-hybridized carbons (Fsp3) is 0.182.